The van der Waals surface area contributed by atoms with Gasteiger partial charge in [-0.25, -0.2) is 4.21 Å². The first kappa shape index (κ1) is 27.4. The highest BCUT2D eigenvalue weighted by molar-refractivity contribution is 7.81. The average molecular weight is 529 g/mol. The van der Waals surface area contributed by atoms with Crippen molar-refractivity contribution in [2.45, 2.75) is 65.5 Å². The zero-order valence-electron chi connectivity index (χ0n) is 20.4. The maximum absolute atomic E-state index is 12.6. The fourth-order valence-electron chi connectivity index (χ4n) is 4.61. The molecule has 0 saturated carbocycles. The normalized spacial score (nSPS) is 14.2. The van der Waals surface area contributed by atoms with Crippen LogP contribution in [0.1, 0.15) is 38.8 Å². The summed E-state index contributed by atoms with van der Waals surface area (Å²) >= 11 is -0.780. The first-order valence-corrected chi connectivity index (χ1v) is 13.2. The van der Waals surface area contributed by atoms with Gasteiger partial charge in [0.15, 0.2) is 0 Å². The second-order valence-corrected chi connectivity index (χ2v) is 10.9. The van der Waals surface area contributed by atoms with Crippen LogP contribution in [-0.4, -0.2) is 44.7 Å². The number of rotatable bonds is 10. The standard InChI is InChI=1S/C25H31F3N2O3S2/c1-16(2)30(17(3)4)20(14-19-10-12-21(13-11-19)33-25(26,27)28)15-29(35(31)32)24-18(5)22-8-6-7-9-23(22)34-24/h6-13,16-17,20H,14-15H2,1-5H3,(H,31,32). The molecule has 2 unspecified atom stereocenters. The third kappa shape index (κ3) is 6.97. The molecule has 2 atom stereocenters. The number of nitrogens with zero attached hydrogens (tertiary/aromatic N) is 2. The van der Waals surface area contributed by atoms with Crippen LogP contribution in [0.3, 0.4) is 0 Å². The van der Waals surface area contributed by atoms with Crippen molar-refractivity contribution >= 4 is 37.7 Å². The molecule has 0 aliphatic carbocycles. The summed E-state index contributed by atoms with van der Waals surface area (Å²) in [6, 6.07) is 13.8. The minimum absolute atomic E-state index is 0.144. The predicted molar refractivity (Wildman–Crippen MR) is 137 cm³/mol. The fraction of sp³-hybridized carbons (Fsp3) is 0.440. The zero-order chi connectivity index (χ0) is 25.9. The van der Waals surface area contributed by atoms with E-state index in [-0.39, 0.29) is 30.4 Å². The van der Waals surface area contributed by atoms with Gasteiger partial charge in [0.1, 0.15) is 10.8 Å². The van der Waals surface area contributed by atoms with E-state index < -0.39 is 17.6 Å². The highest BCUT2D eigenvalue weighted by atomic mass is 32.2. The van der Waals surface area contributed by atoms with Crippen LogP contribution in [0.25, 0.3) is 10.1 Å². The Morgan fingerprint density at radius 2 is 1.63 bits per heavy atom. The summed E-state index contributed by atoms with van der Waals surface area (Å²) in [6.45, 7) is 10.5. The summed E-state index contributed by atoms with van der Waals surface area (Å²) in [4.78, 5) is 2.27. The number of hydrogen-bond acceptors (Lipinski definition) is 4. The van der Waals surface area contributed by atoms with E-state index in [0.717, 1.165) is 26.2 Å². The van der Waals surface area contributed by atoms with E-state index in [1.165, 1.54) is 27.8 Å². The molecule has 35 heavy (non-hydrogen) atoms. The van der Waals surface area contributed by atoms with Crippen molar-refractivity contribution in [2.24, 2.45) is 0 Å². The number of aryl methyl sites for hydroxylation is 1. The Morgan fingerprint density at radius 1 is 1.03 bits per heavy atom. The number of anilines is 1. The number of alkyl halides is 3. The molecule has 1 aromatic heterocycles. The van der Waals surface area contributed by atoms with E-state index in [0.29, 0.717) is 6.42 Å². The Balaban J connectivity index is 1.95. The van der Waals surface area contributed by atoms with Crippen LogP contribution in [0, 0.1) is 6.92 Å². The van der Waals surface area contributed by atoms with Gasteiger partial charge in [-0.15, -0.1) is 24.5 Å². The summed E-state index contributed by atoms with van der Waals surface area (Å²) in [5.41, 5.74) is 1.76. The van der Waals surface area contributed by atoms with E-state index in [2.05, 4.69) is 37.3 Å². The first-order valence-electron chi connectivity index (χ1n) is 11.4. The van der Waals surface area contributed by atoms with Crippen LogP contribution >= 0.6 is 11.3 Å². The van der Waals surface area contributed by atoms with Crippen molar-refractivity contribution in [1.82, 2.24) is 4.90 Å². The smallest absolute Gasteiger partial charge is 0.406 e. The Labute approximate surface area is 210 Å². The van der Waals surface area contributed by atoms with E-state index in [4.69, 9.17) is 0 Å². The van der Waals surface area contributed by atoms with Crippen molar-refractivity contribution in [3.05, 3.63) is 59.7 Å². The quantitative estimate of drug-likeness (QED) is 0.295. The molecule has 0 radical (unpaired) electrons. The monoisotopic (exact) mass is 528 g/mol. The minimum Gasteiger partial charge on any atom is -0.406 e. The Hall–Kier alpha value is -2.14. The molecule has 0 aliphatic heterocycles. The highest BCUT2D eigenvalue weighted by Gasteiger charge is 2.32. The lowest BCUT2D eigenvalue weighted by Gasteiger charge is -2.40. The van der Waals surface area contributed by atoms with Crippen LogP contribution in [0.2, 0.25) is 0 Å². The zero-order valence-corrected chi connectivity index (χ0v) is 22.0. The van der Waals surface area contributed by atoms with Gasteiger partial charge < -0.3 is 4.74 Å². The lowest BCUT2D eigenvalue weighted by atomic mass is 10.0. The van der Waals surface area contributed by atoms with Crippen LogP contribution in [0.15, 0.2) is 48.5 Å². The van der Waals surface area contributed by atoms with E-state index >= 15 is 0 Å². The minimum atomic E-state index is -4.75. The second kappa shape index (κ2) is 11.3. The largest absolute Gasteiger partial charge is 0.573 e. The lowest BCUT2D eigenvalue weighted by Crippen LogP contribution is -2.51. The topological polar surface area (TPSA) is 53.0 Å². The molecule has 0 aliphatic rings. The average Bonchev–Trinajstić information content (AvgIpc) is 3.08. The third-order valence-corrected chi connectivity index (χ3v) is 7.97. The van der Waals surface area contributed by atoms with Gasteiger partial charge in [-0.1, -0.05) is 30.3 Å². The van der Waals surface area contributed by atoms with Gasteiger partial charge >= 0.3 is 6.36 Å². The molecule has 2 aromatic carbocycles. The first-order chi connectivity index (χ1) is 16.4. The molecule has 10 heteroatoms. The molecule has 5 nitrogen and oxygen atoms in total. The summed E-state index contributed by atoms with van der Waals surface area (Å²) in [7, 11) is 0. The summed E-state index contributed by atoms with van der Waals surface area (Å²) in [5, 5.41) is 1.78. The lowest BCUT2D eigenvalue weighted by molar-refractivity contribution is -0.274. The maximum atomic E-state index is 12.6. The van der Waals surface area contributed by atoms with Gasteiger partial charge in [-0.05, 0) is 75.8 Å². The third-order valence-electron chi connectivity index (χ3n) is 5.85. The predicted octanol–water partition coefficient (Wildman–Crippen LogP) is 6.78. The van der Waals surface area contributed by atoms with Crippen LogP contribution in [0.5, 0.6) is 5.75 Å². The van der Waals surface area contributed by atoms with E-state index in [1.54, 1.807) is 12.1 Å². The maximum Gasteiger partial charge on any atom is 0.573 e. The Kier molecular flexibility index (Phi) is 8.85. The molecule has 0 spiro atoms. The van der Waals surface area contributed by atoms with Gasteiger partial charge in [0, 0.05) is 22.8 Å². The van der Waals surface area contributed by atoms with Crippen molar-refractivity contribution < 1.29 is 26.7 Å². The van der Waals surface area contributed by atoms with Crippen molar-refractivity contribution in [1.29, 1.82) is 0 Å². The molecule has 1 heterocycles. The summed E-state index contributed by atoms with van der Waals surface area (Å²) in [6.07, 6.45) is -4.26. The summed E-state index contributed by atoms with van der Waals surface area (Å²) in [5.74, 6) is -0.277. The summed E-state index contributed by atoms with van der Waals surface area (Å²) < 4.78 is 67.0. The molecule has 3 rings (SSSR count). The van der Waals surface area contributed by atoms with Crippen molar-refractivity contribution in [2.75, 3.05) is 10.8 Å². The molecule has 0 saturated heterocycles. The van der Waals surface area contributed by atoms with Crippen LogP contribution in [0.4, 0.5) is 18.2 Å². The van der Waals surface area contributed by atoms with Gasteiger partial charge in [-0.3, -0.25) is 13.8 Å². The van der Waals surface area contributed by atoms with Gasteiger partial charge in [0.05, 0.1) is 6.54 Å². The molecular formula is C25H31F3N2O3S2. The second-order valence-electron chi connectivity index (χ2n) is 9.00. The van der Waals surface area contributed by atoms with Crippen LogP contribution < -0.4 is 9.04 Å². The fourth-order valence-corrected chi connectivity index (χ4v) is 6.62. The van der Waals surface area contributed by atoms with Crippen molar-refractivity contribution in [3.63, 3.8) is 0 Å². The highest BCUT2D eigenvalue weighted by Crippen LogP contribution is 2.38. The van der Waals surface area contributed by atoms with Crippen LogP contribution in [-0.2, 0) is 17.7 Å². The number of benzene rings is 2. The molecular weight excluding hydrogens is 497 g/mol. The molecule has 192 valence electrons. The van der Waals surface area contributed by atoms with Gasteiger partial charge in [-0.2, -0.15) is 0 Å². The molecule has 1 N–H and O–H groups in total. The Bertz CT molecular complexity index is 1140. The molecule has 0 fully saturated rings. The van der Waals surface area contributed by atoms with E-state index in [9.17, 15) is 21.9 Å². The number of halogens is 3. The molecule has 0 bridgehead atoms. The molecule has 0 amide bonds. The Morgan fingerprint density at radius 3 is 2.14 bits per heavy atom. The molecule has 3 aromatic rings. The van der Waals surface area contributed by atoms with Gasteiger partial charge in [0.25, 0.3) is 11.3 Å². The number of ether oxygens (including phenoxy) is 1. The van der Waals surface area contributed by atoms with E-state index in [1.807, 2.05) is 31.2 Å². The number of thiophene rings is 1. The SMILES string of the molecule is Cc1c(N(CC(Cc2ccc(OC(F)(F)F)cc2)N(C(C)C)C(C)C)S(=O)O)sc2ccccc12. The van der Waals surface area contributed by atoms with Gasteiger partial charge in [0.2, 0.25) is 0 Å². The van der Waals surface area contributed by atoms with Crippen molar-refractivity contribution in [3.8, 4) is 5.75 Å². The number of fused-ring (bicyclic) bond motifs is 1. The number of hydrogen-bond donors (Lipinski definition) is 1.